The Hall–Kier alpha value is -2.69. The van der Waals surface area contributed by atoms with Gasteiger partial charge in [-0.2, -0.15) is 5.10 Å². The minimum Gasteiger partial charge on any atom is -0.348 e. The van der Waals surface area contributed by atoms with E-state index in [4.69, 9.17) is 4.98 Å². The topological polar surface area (TPSA) is 59.3 Å². The summed E-state index contributed by atoms with van der Waals surface area (Å²) in [4.78, 5) is 17.4. The van der Waals surface area contributed by atoms with Crippen molar-refractivity contribution >= 4 is 11.6 Å². The number of nitrogens with zero attached hydrogens (tertiary/aromatic N) is 3. The van der Waals surface area contributed by atoms with E-state index in [0.29, 0.717) is 17.8 Å². The molecule has 1 aromatic carbocycles. The van der Waals surface area contributed by atoms with Crippen molar-refractivity contribution < 1.29 is 4.79 Å². The molecule has 0 unspecified atom stereocenters. The zero-order valence-corrected chi connectivity index (χ0v) is 14.7. The summed E-state index contributed by atoms with van der Waals surface area (Å²) in [6, 6.07) is 8.16. The van der Waals surface area contributed by atoms with Gasteiger partial charge in [-0.05, 0) is 50.7 Å². The molecule has 128 valence electrons. The summed E-state index contributed by atoms with van der Waals surface area (Å²) in [6.45, 7) is 4.62. The van der Waals surface area contributed by atoms with Gasteiger partial charge < -0.3 is 5.32 Å². The van der Waals surface area contributed by atoms with E-state index in [1.807, 2.05) is 28.8 Å². The van der Waals surface area contributed by atoms with Crippen LogP contribution in [0.15, 0.2) is 30.5 Å². The van der Waals surface area contributed by atoms with Crippen molar-refractivity contribution in [1.82, 2.24) is 19.9 Å². The molecule has 2 aromatic heterocycles. The molecule has 0 saturated heterocycles. The van der Waals surface area contributed by atoms with Gasteiger partial charge in [0.2, 0.25) is 0 Å². The number of carbonyl (C=O) groups excluding carboxylic acids is 1. The van der Waals surface area contributed by atoms with Gasteiger partial charge in [-0.15, -0.1) is 0 Å². The van der Waals surface area contributed by atoms with Crippen molar-refractivity contribution in [3.63, 3.8) is 0 Å². The van der Waals surface area contributed by atoms with Gasteiger partial charge in [-0.3, -0.25) is 4.79 Å². The maximum Gasteiger partial charge on any atom is 0.257 e. The van der Waals surface area contributed by atoms with Crippen LogP contribution in [0.3, 0.4) is 0 Å². The van der Waals surface area contributed by atoms with E-state index < -0.39 is 0 Å². The highest BCUT2D eigenvalue weighted by Gasteiger charge is 2.20. The molecule has 1 aliphatic carbocycles. The molecular weight excluding hydrogens is 312 g/mol. The van der Waals surface area contributed by atoms with E-state index in [1.165, 1.54) is 24.0 Å². The van der Waals surface area contributed by atoms with E-state index in [2.05, 4.69) is 24.3 Å². The predicted molar refractivity (Wildman–Crippen MR) is 96.7 cm³/mol. The summed E-state index contributed by atoms with van der Waals surface area (Å²) >= 11 is 0. The number of carbonyl (C=O) groups is 1. The van der Waals surface area contributed by atoms with Gasteiger partial charge in [0, 0.05) is 17.9 Å². The monoisotopic (exact) mass is 334 g/mol. The molecule has 0 radical (unpaired) electrons. The fraction of sp³-hybridized carbons (Fsp3) is 0.350. The van der Waals surface area contributed by atoms with Gasteiger partial charge in [0.1, 0.15) is 5.56 Å². The molecule has 3 aromatic rings. The SMILES string of the molecule is Cc1ccc(CNC(=O)c2cnn3c(C)c4c(nc23)CCCC4)cc1. The van der Waals surface area contributed by atoms with Crippen LogP contribution in [0.5, 0.6) is 0 Å². The third-order valence-corrected chi connectivity index (χ3v) is 5.00. The summed E-state index contributed by atoms with van der Waals surface area (Å²) < 4.78 is 1.81. The number of aromatic nitrogens is 3. The Morgan fingerprint density at radius 2 is 1.92 bits per heavy atom. The summed E-state index contributed by atoms with van der Waals surface area (Å²) in [7, 11) is 0. The van der Waals surface area contributed by atoms with Crippen molar-refractivity contribution in [3.8, 4) is 0 Å². The largest absolute Gasteiger partial charge is 0.348 e. The van der Waals surface area contributed by atoms with Crippen LogP contribution in [0.25, 0.3) is 5.65 Å². The lowest BCUT2D eigenvalue weighted by Crippen LogP contribution is -2.23. The average molecular weight is 334 g/mol. The van der Waals surface area contributed by atoms with Crippen LogP contribution in [-0.2, 0) is 19.4 Å². The number of fused-ring (bicyclic) bond motifs is 2. The Labute approximate surface area is 147 Å². The second kappa shape index (κ2) is 6.31. The molecule has 4 rings (SSSR count). The third kappa shape index (κ3) is 2.90. The summed E-state index contributed by atoms with van der Waals surface area (Å²) in [5, 5.41) is 7.39. The number of hydrogen-bond acceptors (Lipinski definition) is 3. The maximum atomic E-state index is 12.6. The van der Waals surface area contributed by atoms with Crippen LogP contribution in [0.1, 0.15) is 51.3 Å². The molecule has 0 saturated carbocycles. The van der Waals surface area contributed by atoms with E-state index in [1.54, 1.807) is 6.20 Å². The molecule has 0 bridgehead atoms. The van der Waals surface area contributed by atoms with Crippen LogP contribution < -0.4 is 5.32 Å². The first-order chi connectivity index (χ1) is 12.1. The first kappa shape index (κ1) is 15.8. The Kier molecular flexibility index (Phi) is 3.99. The molecule has 0 atom stereocenters. The molecule has 25 heavy (non-hydrogen) atoms. The first-order valence-electron chi connectivity index (χ1n) is 8.83. The second-order valence-corrected chi connectivity index (χ2v) is 6.79. The number of rotatable bonds is 3. The molecule has 0 fully saturated rings. The lowest BCUT2D eigenvalue weighted by molar-refractivity contribution is 0.0952. The summed E-state index contributed by atoms with van der Waals surface area (Å²) in [6.07, 6.45) is 6.04. The quantitative estimate of drug-likeness (QED) is 0.800. The molecular formula is C20H22N4O. The zero-order chi connectivity index (χ0) is 17.4. The van der Waals surface area contributed by atoms with E-state index in [0.717, 1.165) is 29.8 Å². The fourth-order valence-electron chi connectivity index (χ4n) is 3.50. The van der Waals surface area contributed by atoms with Crippen LogP contribution in [0.2, 0.25) is 0 Å². The first-order valence-corrected chi connectivity index (χ1v) is 8.83. The van der Waals surface area contributed by atoms with Crippen molar-refractivity contribution in [2.45, 2.75) is 46.1 Å². The Balaban J connectivity index is 1.61. The van der Waals surface area contributed by atoms with Gasteiger partial charge >= 0.3 is 0 Å². The molecule has 5 nitrogen and oxygen atoms in total. The maximum absolute atomic E-state index is 12.6. The fourth-order valence-corrected chi connectivity index (χ4v) is 3.50. The summed E-state index contributed by atoms with van der Waals surface area (Å²) in [5.41, 5.74) is 7.04. The van der Waals surface area contributed by atoms with Crippen LogP contribution in [-0.4, -0.2) is 20.5 Å². The highest BCUT2D eigenvalue weighted by molar-refractivity contribution is 5.99. The van der Waals surface area contributed by atoms with Gasteiger partial charge in [-0.25, -0.2) is 9.50 Å². The summed E-state index contributed by atoms with van der Waals surface area (Å²) in [5.74, 6) is -0.127. The van der Waals surface area contributed by atoms with Crippen molar-refractivity contribution in [2.24, 2.45) is 0 Å². The minimum absolute atomic E-state index is 0.127. The smallest absolute Gasteiger partial charge is 0.257 e. The third-order valence-electron chi connectivity index (χ3n) is 5.00. The molecule has 5 heteroatoms. The van der Waals surface area contributed by atoms with E-state index in [9.17, 15) is 4.79 Å². The van der Waals surface area contributed by atoms with Gasteiger partial charge in [0.05, 0.1) is 6.20 Å². The average Bonchev–Trinajstić information content (AvgIpc) is 3.05. The van der Waals surface area contributed by atoms with Gasteiger partial charge in [0.25, 0.3) is 5.91 Å². The predicted octanol–water partition coefficient (Wildman–Crippen LogP) is 3.15. The number of hydrogen-bond donors (Lipinski definition) is 1. The molecule has 0 aliphatic heterocycles. The lowest BCUT2D eigenvalue weighted by atomic mass is 9.95. The van der Waals surface area contributed by atoms with Crippen LogP contribution in [0.4, 0.5) is 0 Å². The molecule has 1 N–H and O–H groups in total. The number of aryl methyl sites for hydroxylation is 3. The Morgan fingerprint density at radius 1 is 1.16 bits per heavy atom. The van der Waals surface area contributed by atoms with Crippen molar-refractivity contribution in [2.75, 3.05) is 0 Å². The number of amides is 1. The van der Waals surface area contributed by atoms with Gasteiger partial charge in [0.15, 0.2) is 5.65 Å². The number of nitrogens with one attached hydrogen (secondary N) is 1. The van der Waals surface area contributed by atoms with Crippen LogP contribution in [0, 0.1) is 13.8 Å². The van der Waals surface area contributed by atoms with Crippen LogP contribution >= 0.6 is 0 Å². The molecule has 2 heterocycles. The Morgan fingerprint density at radius 3 is 2.72 bits per heavy atom. The second-order valence-electron chi connectivity index (χ2n) is 6.79. The molecule has 0 spiro atoms. The van der Waals surface area contributed by atoms with Crippen molar-refractivity contribution in [1.29, 1.82) is 0 Å². The molecule has 1 amide bonds. The van der Waals surface area contributed by atoms with E-state index >= 15 is 0 Å². The highest BCUT2D eigenvalue weighted by Crippen LogP contribution is 2.24. The highest BCUT2D eigenvalue weighted by atomic mass is 16.1. The van der Waals surface area contributed by atoms with E-state index in [-0.39, 0.29) is 5.91 Å². The minimum atomic E-state index is -0.127. The molecule has 1 aliphatic rings. The van der Waals surface area contributed by atoms with Gasteiger partial charge in [-0.1, -0.05) is 29.8 Å². The zero-order valence-electron chi connectivity index (χ0n) is 14.7. The lowest BCUT2D eigenvalue weighted by Gasteiger charge is -2.17. The number of benzene rings is 1. The standard InChI is InChI=1S/C20H22N4O/c1-13-7-9-15(10-8-13)11-21-20(25)17-12-22-24-14(2)16-5-3-4-6-18(16)23-19(17)24/h7-10,12H,3-6,11H2,1-2H3,(H,21,25). The Bertz CT molecular complexity index is 940. The normalized spacial score (nSPS) is 13.7. The van der Waals surface area contributed by atoms with Crippen molar-refractivity contribution in [3.05, 3.63) is 64.1 Å².